The van der Waals surface area contributed by atoms with Crippen molar-refractivity contribution in [2.24, 2.45) is 0 Å². The Labute approximate surface area is 78.2 Å². The zero-order valence-electron chi connectivity index (χ0n) is 8.16. The average molecular weight is 187 g/mol. The molecule has 1 rings (SSSR count). The highest BCUT2D eigenvalue weighted by molar-refractivity contribution is 5.84. The number of amides is 1. The van der Waals surface area contributed by atoms with Crippen molar-refractivity contribution in [3.63, 3.8) is 0 Å². The molecule has 0 bridgehead atoms. The monoisotopic (exact) mass is 187 g/mol. The van der Waals surface area contributed by atoms with Crippen molar-refractivity contribution in [1.29, 1.82) is 0 Å². The maximum Gasteiger partial charge on any atom is 0.254 e. The molecule has 0 aliphatic carbocycles. The molecule has 1 fully saturated rings. The van der Waals surface area contributed by atoms with E-state index in [2.05, 4.69) is 0 Å². The number of piperidine rings is 1. The fourth-order valence-corrected chi connectivity index (χ4v) is 1.53. The van der Waals surface area contributed by atoms with Crippen LogP contribution in [0.25, 0.3) is 0 Å². The molecule has 1 atom stereocenters. The number of likely N-dealkylation sites (tertiary alicyclic amines) is 1. The zero-order valence-corrected chi connectivity index (χ0v) is 8.16. The molecule has 0 saturated carbocycles. The van der Waals surface area contributed by atoms with Crippen LogP contribution in [0, 0.1) is 0 Å². The van der Waals surface area contributed by atoms with Crippen LogP contribution in [0.4, 0.5) is 0 Å². The summed E-state index contributed by atoms with van der Waals surface area (Å²) in [6, 6.07) is 0. The number of rotatable bonds is 1. The SMILES string of the molecule is CC(C)(O)C(=O)N1CCCC(O)C1. The second-order valence-corrected chi connectivity index (χ2v) is 4.11. The van der Waals surface area contributed by atoms with Gasteiger partial charge in [0, 0.05) is 13.1 Å². The van der Waals surface area contributed by atoms with E-state index in [9.17, 15) is 15.0 Å². The van der Waals surface area contributed by atoms with Crippen LogP contribution in [0.3, 0.4) is 0 Å². The van der Waals surface area contributed by atoms with Gasteiger partial charge in [-0.2, -0.15) is 0 Å². The van der Waals surface area contributed by atoms with Crippen molar-refractivity contribution in [3.05, 3.63) is 0 Å². The van der Waals surface area contributed by atoms with Crippen molar-refractivity contribution >= 4 is 5.91 Å². The Morgan fingerprint density at radius 2 is 2.15 bits per heavy atom. The molecule has 1 saturated heterocycles. The van der Waals surface area contributed by atoms with Crippen LogP contribution < -0.4 is 0 Å². The van der Waals surface area contributed by atoms with Crippen molar-refractivity contribution < 1.29 is 15.0 Å². The normalized spacial score (nSPS) is 24.6. The quantitative estimate of drug-likeness (QED) is 0.594. The first kappa shape index (κ1) is 10.5. The molecular weight excluding hydrogens is 170 g/mol. The minimum absolute atomic E-state index is 0.300. The highest BCUT2D eigenvalue weighted by Crippen LogP contribution is 2.14. The summed E-state index contributed by atoms with van der Waals surface area (Å²) < 4.78 is 0. The van der Waals surface area contributed by atoms with Gasteiger partial charge in [0.15, 0.2) is 0 Å². The minimum Gasteiger partial charge on any atom is -0.391 e. The Morgan fingerprint density at radius 3 is 2.62 bits per heavy atom. The van der Waals surface area contributed by atoms with E-state index in [4.69, 9.17) is 0 Å². The van der Waals surface area contributed by atoms with E-state index < -0.39 is 11.7 Å². The predicted molar refractivity (Wildman–Crippen MR) is 48.1 cm³/mol. The molecule has 76 valence electrons. The predicted octanol–water partition coefficient (Wildman–Crippen LogP) is -0.259. The highest BCUT2D eigenvalue weighted by Gasteiger charge is 2.31. The molecule has 0 aromatic carbocycles. The van der Waals surface area contributed by atoms with Gasteiger partial charge in [0.2, 0.25) is 0 Å². The van der Waals surface area contributed by atoms with Gasteiger partial charge < -0.3 is 15.1 Å². The summed E-state index contributed by atoms with van der Waals surface area (Å²) in [7, 11) is 0. The maximum absolute atomic E-state index is 11.5. The lowest BCUT2D eigenvalue weighted by atomic mass is 10.0. The Morgan fingerprint density at radius 1 is 1.54 bits per heavy atom. The van der Waals surface area contributed by atoms with Gasteiger partial charge in [-0.05, 0) is 26.7 Å². The Bertz CT molecular complexity index is 198. The topological polar surface area (TPSA) is 60.8 Å². The first-order chi connectivity index (χ1) is 5.91. The van der Waals surface area contributed by atoms with Crippen LogP contribution in [-0.4, -0.2) is 45.8 Å². The molecule has 1 aliphatic rings. The Hall–Kier alpha value is -0.610. The zero-order chi connectivity index (χ0) is 10.1. The number of nitrogens with zero attached hydrogens (tertiary/aromatic N) is 1. The molecule has 0 radical (unpaired) electrons. The van der Waals surface area contributed by atoms with Gasteiger partial charge in [-0.25, -0.2) is 0 Å². The summed E-state index contributed by atoms with van der Waals surface area (Å²) in [6.45, 7) is 3.93. The summed E-state index contributed by atoms with van der Waals surface area (Å²) in [5.41, 5.74) is -1.32. The van der Waals surface area contributed by atoms with Gasteiger partial charge in [0.05, 0.1) is 6.10 Å². The number of aliphatic hydroxyl groups excluding tert-OH is 1. The van der Waals surface area contributed by atoms with Gasteiger partial charge in [-0.3, -0.25) is 4.79 Å². The lowest BCUT2D eigenvalue weighted by molar-refractivity contribution is -0.150. The maximum atomic E-state index is 11.5. The van der Waals surface area contributed by atoms with E-state index in [0.29, 0.717) is 13.1 Å². The summed E-state index contributed by atoms with van der Waals surface area (Å²) in [4.78, 5) is 13.1. The van der Waals surface area contributed by atoms with Crippen LogP contribution in [0.15, 0.2) is 0 Å². The lowest BCUT2D eigenvalue weighted by Crippen LogP contribution is -2.50. The summed E-state index contributed by atoms with van der Waals surface area (Å²) in [5.74, 6) is -0.300. The number of aliphatic hydroxyl groups is 2. The van der Waals surface area contributed by atoms with E-state index in [1.165, 1.54) is 18.7 Å². The highest BCUT2D eigenvalue weighted by atomic mass is 16.3. The van der Waals surface area contributed by atoms with Crippen molar-refractivity contribution in [2.45, 2.75) is 38.4 Å². The molecule has 1 amide bonds. The largest absolute Gasteiger partial charge is 0.391 e. The smallest absolute Gasteiger partial charge is 0.254 e. The molecular formula is C9H17NO3. The number of hydrogen-bond acceptors (Lipinski definition) is 3. The Balaban J connectivity index is 2.56. The Kier molecular flexibility index (Phi) is 2.93. The molecule has 4 heteroatoms. The average Bonchev–Trinajstić information content (AvgIpc) is 2.01. The third kappa shape index (κ3) is 2.67. The van der Waals surface area contributed by atoms with Gasteiger partial charge in [0.25, 0.3) is 5.91 Å². The van der Waals surface area contributed by atoms with E-state index in [-0.39, 0.29) is 5.91 Å². The van der Waals surface area contributed by atoms with Crippen LogP contribution in [0.2, 0.25) is 0 Å². The second kappa shape index (κ2) is 3.64. The standard InChI is InChI=1S/C9H17NO3/c1-9(2,13)8(12)10-5-3-4-7(11)6-10/h7,11,13H,3-6H2,1-2H3. The van der Waals surface area contributed by atoms with Crippen LogP contribution >= 0.6 is 0 Å². The van der Waals surface area contributed by atoms with E-state index >= 15 is 0 Å². The fourth-order valence-electron chi connectivity index (χ4n) is 1.53. The molecule has 4 nitrogen and oxygen atoms in total. The molecule has 1 aliphatic heterocycles. The number of carbonyl (C=O) groups is 1. The van der Waals surface area contributed by atoms with Gasteiger partial charge in [0.1, 0.15) is 5.60 Å². The molecule has 0 spiro atoms. The molecule has 0 aromatic rings. The lowest BCUT2D eigenvalue weighted by Gasteiger charge is -2.33. The first-order valence-electron chi connectivity index (χ1n) is 4.61. The molecule has 13 heavy (non-hydrogen) atoms. The summed E-state index contributed by atoms with van der Waals surface area (Å²) >= 11 is 0. The minimum atomic E-state index is -1.32. The van der Waals surface area contributed by atoms with Gasteiger partial charge >= 0.3 is 0 Å². The summed E-state index contributed by atoms with van der Waals surface area (Å²) in [5, 5.41) is 18.8. The molecule has 0 aromatic heterocycles. The third-order valence-corrected chi connectivity index (χ3v) is 2.21. The first-order valence-corrected chi connectivity index (χ1v) is 4.61. The van der Waals surface area contributed by atoms with E-state index in [1.54, 1.807) is 0 Å². The van der Waals surface area contributed by atoms with Crippen molar-refractivity contribution in [2.75, 3.05) is 13.1 Å². The number of β-amino-alcohol motifs (C(OH)–C–C–N with tert-alkyl or cyclic N) is 1. The number of hydrogen-bond donors (Lipinski definition) is 2. The summed E-state index contributed by atoms with van der Waals surface area (Å²) in [6.07, 6.45) is 1.12. The number of carbonyl (C=O) groups excluding carboxylic acids is 1. The molecule has 1 unspecified atom stereocenters. The fraction of sp³-hybridized carbons (Fsp3) is 0.889. The molecule has 2 N–H and O–H groups in total. The van der Waals surface area contributed by atoms with Crippen molar-refractivity contribution in [1.82, 2.24) is 4.90 Å². The van der Waals surface area contributed by atoms with Crippen LogP contribution in [0.5, 0.6) is 0 Å². The van der Waals surface area contributed by atoms with Gasteiger partial charge in [-0.15, -0.1) is 0 Å². The van der Waals surface area contributed by atoms with Crippen molar-refractivity contribution in [3.8, 4) is 0 Å². The second-order valence-electron chi connectivity index (χ2n) is 4.11. The van der Waals surface area contributed by atoms with E-state index in [1.807, 2.05) is 0 Å². The van der Waals surface area contributed by atoms with Gasteiger partial charge in [-0.1, -0.05) is 0 Å². The molecule has 1 heterocycles. The van der Waals surface area contributed by atoms with E-state index in [0.717, 1.165) is 12.8 Å². The van der Waals surface area contributed by atoms with Crippen LogP contribution in [-0.2, 0) is 4.79 Å². The van der Waals surface area contributed by atoms with Crippen LogP contribution in [0.1, 0.15) is 26.7 Å². The third-order valence-electron chi connectivity index (χ3n) is 2.21.